The average Bonchev–Trinajstić information content (AvgIpc) is 3.24. The van der Waals surface area contributed by atoms with Gasteiger partial charge in [0.2, 0.25) is 0 Å². The number of carboxylic acid groups (broad SMARTS) is 1. The van der Waals surface area contributed by atoms with Gasteiger partial charge in [0.1, 0.15) is 5.82 Å². The van der Waals surface area contributed by atoms with Crippen LogP contribution in [0.15, 0.2) is 42.6 Å². The summed E-state index contributed by atoms with van der Waals surface area (Å²) in [5.41, 5.74) is 2.66. The largest absolute Gasteiger partial charge is 0.478 e. The molecule has 2 heterocycles. The molecule has 174 valence electrons. The molecule has 3 aromatic rings. The summed E-state index contributed by atoms with van der Waals surface area (Å²) < 4.78 is 2.01. The highest BCUT2D eigenvalue weighted by molar-refractivity contribution is 5.95. The first kappa shape index (κ1) is 23.1. The summed E-state index contributed by atoms with van der Waals surface area (Å²) in [6, 6.07) is 10.9. The molecule has 0 radical (unpaired) electrons. The van der Waals surface area contributed by atoms with Crippen LogP contribution in [-0.2, 0) is 19.4 Å². The Labute approximate surface area is 196 Å². The number of aryl methyl sites for hydroxylation is 2. The fourth-order valence-electron chi connectivity index (χ4n) is 4.74. The predicted molar refractivity (Wildman–Crippen MR) is 129 cm³/mol. The van der Waals surface area contributed by atoms with Crippen molar-refractivity contribution in [2.75, 3.05) is 0 Å². The van der Waals surface area contributed by atoms with E-state index in [9.17, 15) is 9.90 Å². The van der Waals surface area contributed by atoms with E-state index in [1.807, 2.05) is 28.9 Å². The Balaban J connectivity index is 1.48. The fourth-order valence-corrected chi connectivity index (χ4v) is 4.74. The Hall–Kier alpha value is -3.02. The summed E-state index contributed by atoms with van der Waals surface area (Å²) in [6.07, 6.45) is 13.9. The molecule has 6 nitrogen and oxygen atoms in total. The maximum Gasteiger partial charge on any atom is 0.336 e. The minimum Gasteiger partial charge on any atom is -0.478 e. The lowest BCUT2D eigenvalue weighted by molar-refractivity contribution is 0.0697. The standard InChI is InChI=1S/C27H34N4O2/c1-2-3-13-26-29-25(17-14-20-9-5-4-6-10-20)30-31(26)19-22-16-15-21(18-28-22)23-11-7-8-12-24(23)27(32)33/h7-8,11-12,15-16,18,20H,2-6,9-10,13-14,17,19H2,1H3,(H,32,33). The molecule has 1 aromatic carbocycles. The summed E-state index contributed by atoms with van der Waals surface area (Å²) in [5.74, 6) is 1.89. The molecule has 0 unspecified atom stereocenters. The number of rotatable bonds is 10. The van der Waals surface area contributed by atoms with Gasteiger partial charge >= 0.3 is 5.97 Å². The van der Waals surface area contributed by atoms with Gasteiger partial charge in [-0.2, -0.15) is 5.10 Å². The molecule has 4 rings (SSSR count). The zero-order valence-electron chi connectivity index (χ0n) is 19.5. The van der Waals surface area contributed by atoms with Crippen molar-refractivity contribution in [2.24, 2.45) is 5.92 Å². The van der Waals surface area contributed by atoms with Gasteiger partial charge < -0.3 is 5.11 Å². The molecular formula is C27H34N4O2. The Morgan fingerprint density at radius 1 is 1.09 bits per heavy atom. The lowest BCUT2D eigenvalue weighted by Crippen LogP contribution is -2.09. The molecule has 6 heteroatoms. The quantitative estimate of drug-likeness (QED) is 0.417. The van der Waals surface area contributed by atoms with Crippen LogP contribution in [-0.4, -0.2) is 30.8 Å². The number of carboxylic acids is 1. The smallest absolute Gasteiger partial charge is 0.336 e. The molecule has 2 aromatic heterocycles. The highest BCUT2D eigenvalue weighted by Crippen LogP contribution is 2.27. The van der Waals surface area contributed by atoms with Crippen molar-refractivity contribution in [3.05, 3.63) is 65.5 Å². The van der Waals surface area contributed by atoms with Crippen LogP contribution in [0.5, 0.6) is 0 Å². The van der Waals surface area contributed by atoms with E-state index in [0.717, 1.165) is 54.5 Å². The molecule has 1 aliphatic rings. The maximum absolute atomic E-state index is 11.5. The Morgan fingerprint density at radius 3 is 2.64 bits per heavy atom. The van der Waals surface area contributed by atoms with Gasteiger partial charge in [-0.3, -0.25) is 4.98 Å². The molecule has 0 spiro atoms. The molecule has 33 heavy (non-hydrogen) atoms. The molecule has 1 fully saturated rings. The minimum atomic E-state index is -0.932. The predicted octanol–water partition coefficient (Wildman–Crippen LogP) is 5.94. The van der Waals surface area contributed by atoms with Crippen LogP contribution in [0.3, 0.4) is 0 Å². The first-order chi connectivity index (χ1) is 16.1. The molecule has 0 bridgehead atoms. The van der Waals surface area contributed by atoms with Crippen molar-refractivity contribution in [2.45, 2.75) is 77.7 Å². The van der Waals surface area contributed by atoms with E-state index in [4.69, 9.17) is 10.1 Å². The van der Waals surface area contributed by atoms with E-state index in [0.29, 0.717) is 12.1 Å². The van der Waals surface area contributed by atoms with Crippen molar-refractivity contribution in [3.8, 4) is 11.1 Å². The normalized spacial score (nSPS) is 14.5. The number of aromatic carboxylic acids is 1. The second-order valence-corrected chi connectivity index (χ2v) is 9.14. The van der Waals surface area contributed by atoms with Crippen molar-refractivity contribution >= 4 is 5.97 Å². The van der Waals surface area contributed by atoms with E-state index < -0.39 is 5.97 Å². The zero-order chi connectivity index (χ0) is 23.0. The van der Waals surface area contributed by atoms with Crippen molar-refractivity contribution in [3.63, 3.8) is 0 Å². The Morgan fingerprint density at radius 2 is 1.91 bits per heavy atom. The first-order valence-electron chi connectivity index (χ1n) is 12.3. The summed E-state index contributed by atoms with van der Waals surface area (Å²) in [7, 11) is 0. The lowest BCUT2D eigenvalue weighted by Gasteiger charge is -2.20. The highest BCUT2D eigenvalue weighted by atomic mass is 16.4. The average molecular weight is 447 g/mol. The van der Waals surface area contributed by atoms with Crippen LogP contribution in [0.2, 0.25) is 0 Å². The molecule has 1 N–H and O–H groups in total. The van der Waals surface area contributed by atoms with Crippen molar-refractivity contribution < 1.29 is 9.90 Å². The van der Waals surface area contributed by atoms with Crippen LogP contribution in [0, 0.1) is 5.92 Å². The van der Waals surface area contributed by atoms with E-state index in [1.54, 1.807) is 18.3 Å². The summed E-state index contributed by atoms with van der Waals surface area (Å²) >= 11 is 0. The minimum absolute atomic E-state index is 0.285. The second-order valence-electron chi connectivity index (χ2n) is 9.14. The van der Waals surface area contributed by atoms with Crippen molar-refractivity contribution in [1.82, 2.24) is 19.7 Å². The number of aromatic nitrogens is 4. The van der Waals surface area contributed by atoms with Crippen LogP contribution < -0.4 is 0 Å². The monoisotopic (exact) mass is 446 g/mol. The second kappa shape index (κ2) is 11.2. The molecule has 0 saturated heterocycles. The first-order valence-corrected chi connectivity index (χ1v) is 12.3. The summed E-state index contributed by atoms with van der Waals surface area (Å²) in [6.45, 7) is 2.77. The van der Waals surface area contributed by atoms with Gasteiger partial charge in [0.05, 0.1) is 17.8 Å². The van der Waals surface area contributed by atoms with Gasteiger partial charge in [-0.1, -0.05) is 69.7 Å². The Kier molecular flexibility index (Phi) is 7.87. The fraction of sp³-hybridized carbons (Fsp3) is 0.481. The summed E-state index contributed by atoms with van der Waals surface area (Å²) in [4.78, 5) is 21.0. The molecule has 0 atom stereocenters. The van der Waals surface area contributed by atoms with Crippen LogP contribution in [0.25, 0.3) is 11.1 Å². The van der Waals surface area contributed by atoms with Gasteiger partial charge in [-0.25, -0.2) is 14.5 Å². The molecule has 1 saturated carbocycles. The number of hydrogen-bond donors (Lipinski definition) is 1. The van der Waals surface area contributed by atoms with Crippen LogP contribution >= 0.6 is 0 Å². The topological polar surface area (TPSA) is 80.9 Å². The molecule has 0 amide bonds. The third-order valence-corrected chi connectivity index (χ3v) is 6.65. The van der Waals surface area contributed by atoms with E-state index in [1.165, 1.54) is 38.5 Å². The van der Waals surface area contributed by atoms with Crippen molar-refractivity contribution in [1.29, 1.82) is 0 Å². The number of benzene rings is 1. The number of pyridine rings is 1. The maximum atomic E-state index is 11.5. The van der Waals surface area contributed by atoms with Gasteiger partial charge in [-0.15, -0.1) is 0 Å². The van der Waals surface area contributed by atoms with E-state index in [-0.39, 0.29) is 5.56 Å². The SMILES string of the molecule is CCCCc1nc(CCC2CCCCC2)nn1Cc1ccc(-c2ccccc2C(=O)O)cn1. The van der Waals surface area contributed by atoms with Gasteiger partial charge in [-0.05, 0) is 36.5 Å². The third kappa shape index (κ3) is 6.06. The van der Waals surface area contributed by atoms with Gasteiger partial charge in [0.25, 0.3) is 0 Å². The number of unbranched alkanes of at least 4 members (excludes halogenated alkanes) is 1. The van der Waals surface area contributed by atoms with Crippen LogP contribution in [0.4, 0.5) is 0 Å². The molecule has 1 aliphatic carbocycles. The summed E-state index contributed by atoms with van der Waals surface area (Å²) in [5, 5.41) is 14.3. The number of hydrogen-bond acceptors (Lipinski definition) is 4. The van der Waals surface area contributed by atoms with Crippen LogP contribution in [0.1, 0.15) is 86.0 Å². The zero-order valence-corrected chi connectivity index (χ0v) is 19.5. The molecular weight excluding hydrogens is 412 g/mol. The third-order valence-electron chi connectivity index (χ3n) is 6.65. The van der Waals surface area contributed by atoms with Gasteiger partial charge in [0.15, 0.2) is 5.82 Å². The number of nitrogens with zero attached hydrogens (tertiary/aromatic N) is 4. The van der Waals surface area contributed by atoms with E-state index >= 15 is 0 Å². The van der Waals surface area contributed by atoms with Gasteiger partial charge in [0, 0.05) is 24.6 Å². The highest BCUT2D eigenvalue weighted by Gasteiger charge is 2.17. The molecule has 0 aliphatic heterocycles. The lowest BCUT2D eigenvalue weighted by atomic mass is 9.86. The number of carbonyl (C=O) groups is 1. The Bertz CT molecular complexity index is 1050. The van der Waals surface area contributed by atoms with E-state index in [2.05, 4.69) is 11.9 Å².